The molecular formula is C13H16FN3OS. The van der Waals surface area contributed by atoms with E-state index < -0.39 is 0 Å². The number of aromatic nitrogens is 2. The summed E-state index contributed by atoms with van der Waals surface area (Å²) < 4.78 is 18.3. The van der Waals surface area contributed by atoms with Gasteiger partial charge in [0.25, 0.3) is 5.22 Å². The molecule has 4 nitrogen and oxygen atoms in total. The minimum Gasteiger partial charge on any atom is -0.414 e. The fourth-order valence-corrected chi connectivity index (χ4v) is 2.15. The zero-order chi connectivity index (χ0) is 13.8. The van der Waals surface area contributed by atoms with Crippen LogP contribution in [0.5, 0.6) is 0 Å². The maximum absolute atomic E-state index is 12.8. The molecule has 6 heteroatoms. The molecule has 0 unspecified atom stereocenters. The van der Waals surface area contributed by atoms with Crippen molar-refractivity contribution in [2.24, 2.45) is 11.7 Å². The third-order valence-electron chi connectivity index (χ3n) is 2.70. The monoisotopic (exact) mass is 281 g/mol. The van der Waals surface area contributed by atoms with Gasteiger partial charge in [-0.15, -0.1) is 10.2 Å². The molecule has 0 aliphatic heterocycles. The van der Waals surface area contributed by atoms with Crippen molar-refractivity contribution >= 4 is 11.8 Å². The number of thioether (sulfide) groups is 1. The second-order valence-corrected chi connectivity index (χ2v) is 5.52. The number of rotatable bonds is 5. The SMILES string of the molecule is CC(C)[C@@H](N)c1nnc(SCc2ccc(F)cc2)o1. The lowest BCUT2D eigenvalue weighted by Gasteiger charge is -2.09. The van der Waals surface area contributed by atoms with Gasteiger partial charge in [0.05, 0.1) is 6.04 Å². The van der Waals surface area contributed by atoms with Crippen LogP contribution in [0.15, 0.2) is 33.9 Å². The average Bonchev–Trinajstić information content (AvgIpc) is 2.86. The van der Waals surface area contributed by atoms with Gasteiger partial charge in [-0.25, -0.2) is 4.39 Å². The van der Waals surface area contributed by atoms with Gasteiger partial charge in [0.2, 0.25) is 5.89 Å². The Labute approximate surface area is 115 Å². The summed E-state index contributed by atoms with van der Waals surface area (Å²) in [4.78, 5) is 0. The molecule has 0 aliphatic rings. The normalized spacial score (nSPS) is 12.9. The average molecular weight is 281 g/mol. The van der Waals surface area contributed by atoms with Crippen molar-refractivity contribution in [3.63, 3.8) is 0 Å². The molecule has 0 fully saturated rings. The zero-order valence-corrected chi connectivity index (χ0v) is 11.7. The quantitative estimate of drug-likeness (QED) is 0.853. The Morgan fingerprint density at radius 2 is 1.95 bits per heavy atom. The molecule has 0 spiro atoms. The Bertz CT molecular complexity index is 527. The van der Waals surface area contributed by atoms with Gasteiger partial charge in [-0.3, -0.25) is 0 Å². The first kappa shape index (κ1) is 14.0. The Hall–Kier alpha value is -1.40. The Kier molecular flexibility index (Phi) is 4.55. The first-order valence-corrected chi connectivity index (χ1v) is 7.01. The van der Waals surface area contributed by atoms with E-state index in [1.165, 1.54) is 23.9 Å². The maximum atomic E-state index is 12.8. The van der Waals surface area contributed by atoms with Crippen molar-refractivity contribution in [3.05, 3.63) is 41.5 Å². The van der Waals surface area contributed by atoms with Crippen LogP contribution in [-0.2, 0) is 5.75 Å². The fourth-order valence-electron chi connectivity index (χ4n) is 1.42. The van der Waals surface area contributed by atoms with Crippen LogP contribution in [0.25, 0.3) is 0 Å². The molecule has 102 valence electrons. The lowest BCUT2D eigenvalue weighted by Crippen LogP contribution is -2.16. The van der Waals surface area contributed by atoms with Gasteiger partial charge in [0.15, 0.2) is 0 Å². The highest BCUT2D eigenvalue weighted by molar-refractivity contribution is 7.98. The van der Waals surface area contributed by atoms with Gasteiger partial charge in [-0.05, 0) is 23.6 Å². The first-order chi connectivity index (χ1) is 9.06. The van der Waals surface area contributed by atoms with Crippen molar-refractivity contribution in [2.75, 3.05) is 0 Å². The number of halogens is 1. The van der Waals surface area contributed by atoms with E-state index in [4.69, 9.17) is 10.2 Å². The summed E-state index contributed by atoms with van der Waals surface area (Å²) in [6, 6.07) is 6.10. The maximum Gasteiger partial charge on any atom is 0.276 e. The van der Waals surface area contributed by atoms with E-state index in [2.05, 4.69) is 10.2 Å². The summed E-state index contributed by atoms with van der Waals surface area (Å²) in [5.74, 6) is 1.11. The van der Waals surface area contributed by atoms with Crippen LogP contribution in [0.3, 0.4) is 0 Å². The minimum absolute atomic E-state index is 0.239. The van der Waals surface area contributed by atoms with Gasteiger partial charge in [0, 0.05) is 5.75 Å². The predicted molar refractivity (Wildman–Crippen MR) is 72.0 cm³/mol. The molecule has 0 aliphatic carbocycles. The zero-order valence-electron chi connectivity index (χ0n) is 10.8. The topological polar surface area (TPSA) is 64.9 Å². The number of nitrogens with two attached hydrogens (primary N) is 1. The van der Waals surface area contributed by atoms with E-state index in [0.717, 1.165) is 5.56 Å². The van der Waals surface area contributed by atoms with Gasteiger partial charge >= 0.3 is 0 Å². The van der Waals surface area contributed by atoms with Crippen LogP contribution >= 0.6 is 11.8 Å². The van der Waals surface area contributed by atoms with E-state index in [9.17, 15) is 4.39 Å². The molecule has 2 N–H and O–H groups in total. The highest BCUT2D eigenvalue weighted by Crippen LogP contribution is 2.25. The van der Waals surface area contributed by atoms with Crippen LogP contribution < -0.4 is 5.73 Å². The summed E-state index contributed by atoms with van der Waals surface area (Å²) in [5, 5.41) is 8.37. The number of hydrogen-bond donors (Lipinski definition) is 1. The second kappa shape index (κ2) is 6.16. The smallest absolute Gasteiger partial charge is 0.276 e. The Morgan fingerprint density at radius 1 is 1.26 bits per heavy atom. The van der Waals surface area contributed by atoms with Gasteiger partial charge < -0.3 is 10.2 Å². The molecule has 2 aromatic rings. The van der Waals surface area contributed by atoms with E-state index in [1.54, 1.807) is 12.1 Å². The van der Waals surface area contributed by atoms with E-state index in [1.807, 2.05) is 13.8 Å². The predicted octanol–water partition coefficient (Wildman–Crippen LogP) is 3.16. The molecule has 0 saturated heterocycles. The van der Waals surface area contributed by atoms with Crippen molar-refractivity contribution in [1.82, 2.24) is 10.2 Å². The molecule has 0 bridgehead atoms. The van der Waals surface area contributed by atoms with Crippen LogP contribution in [0.2, 0.25) is 0 Å². The summed E-state index contributed by atoms with van der Waals surface area (Å²) >= 11 is 1.41. The number of nitrogens with zero attached hydrogens (tertiary/aromatic N) is 2. The number of benzene rings is 1. The largest absolute Gasteiger partial charge is 0.414 e. The molecule has 0 radical (unpaired) electrons. The summed E-state index contributed by atoms with van der Waals surface area (Å²) in [6.45, 7) is 4.00. The molecule has 1 aromatic heterocycles. The third-order valence-corrected chi connectivity index (χ3v) is 3.59. The summed E-state index contributed by atoms with van der Waals surface area (Å²) in [6.07, 6.45) is 0. The highest BCUT2D eigenvalue weighted by atomic mass is 32.2. The standard InChI is InChI=1S/C13H16FN3OS/c1-8(2)11(15)12-16-17-13(18-12)19-7-9-3-5-10(14)6-4-9/h3-6,8,11H,7,15H2,1-2H3/t11-/m1/s1. The first-order valence-electron chi connectivity index (χ1n) is 6.02. The van der Waals surface area contributed by atoms with E-state index >= 15 is 0 Å². The summed E-state index contributed by atoms with van der Waals surface area (Å²) in [5.41, 5.74) is 6.93. The van der Waals surface area contributed by atoms with Crippen LogP contribution in [0, 0.1) is 11.7 Å². The molecular weight excluding hydrogens is 265 g/mol. The van der Waals surface area contributed by atoms with Crippen molar-refractivity contribution in [2.45, 2.75) is 30.9 Å². The lowest BCUT2D eigenvalue weighted by molar-refractivity contribution is 0.349. The third kappa shape index (κ3) is 3.78. The fraction of sp³-hybridized carbons (Fsp3) is 0.385. The Balaban J connectivity index is 1.95. The summed E-state index contributed by atoms with van der Waals surface area (Å²) in [7, 11) is 0. The molecule has 1 aromatic carbocycles. The molecule has 1 heterocycles. The molecule has 1 atom stereocenters. The Morgan fingerprint density at radius 3 is 2.58 bits per heavy atom. The molecule has 0 amide bonds. The minimum atomic E-state index is -0.243. The van der Waals surface area contributed by atoms with E-state index in [-0.39, 0.29) is 17.8 Å². The number of hydrogen-bond acceptors (Lipinski definition) is 5. The van der Waals surface area contributed by atoms with Crippen LogP contribution in [0.4, 0.5) is 4.39 Å². The van der Waals surface area contributed by atoms with E-state index in [0.29, 0.717) is 16.9 Å². The molecule has 19 heavy (non-hydrogen) atoms. The molecule has 0 saturated carbocycles. The second-order valence-electron chi connectivity index (χ2n) is 4.59. The van der Waals surface area contributed by atoms with Gasteiger partial charge in [0.1, 0.15) is 5.82 Å². The van der Waals surface area contributed by atoms with Crippen molar-refractivity contribution in [3.8, 4) is 0 Å². The lowest BCUT2D eigenvalue weighted by atomic mass is 10.1. The van der Waals surface area contributed by atoms with Crippen LogP contribution in [-0.4, -0.2) is 10.2 Å². The van der Waals surface area contributed by atoms with Crippen LogP contribution in [0.1, 0.15) is 31.3 Å². The van der Waals surface area contributed by atoms with Crippen molar-refractivity contribution < 1.29 is 8.81 Å². The van der Waals surface area contributed by atoms with Crippen molar-refractivity contribution in [1.29, 1.82) is 0 Å². The van der Waals surface area contributed by atoms with Gasteiger partial charge in [-0.2, -0.15) is 0 Å². The highest BCUT2D eigenvalue weighted by Gasteiger charge is 2.17. The van der Waals surface area contributed by atoms with Gasteiger partial charge in [-0.1, -0.05) is 37.7 Å². The molecule has 2 rings (SSSR count).